The zero-order valence-corrected chi connectivity index (χ0v) is 12.5. The van der Waals surface area contributed by atoms with Gasteiger partial charge in [0.2, 0.25) is 0 Å². The second kappa shape index (κ2) is 6.59. The minimum atomic E-state index is 0.693. The number of halogens is 1. The van der Waals surface area contributed by atoms with E-state index in [1.165, 1.54) is 19.3 Å². The van der Waals surface area contributed by atoms with Gasteiger partial charge in [-0.15, -0.1) is 11.8 Å². The lowest BCUT2D eigenvalue weighted by atomic mass is 9.91. The van der Waals surface area contributed by atoms with Gasteiger partial charge in [-0.1, -0.05) is 15.9 Å². The van der Waals surface area contributed by atoms with Gasteiger partial charge in [0.25, 0.3) is 0 Å². The maximum absolute atomic E-state index is 4.43. The van der Waals surface area contributed by atoms with E-state index >= 15 is 0 Å². The Morgan fingerprint density at radius 2 is 2.29 bits per heavy atom. The number of thioether (sulfide) groups is 1. The van der Waals surface area contributed by atoms with Crippen LogP contribution in [0.25, 0.3) is 0 Å². The van der Waals surface area contributed by atoms with Crippen molar-refractivity contribution in [1.29, 1.82) is 0 Å². The molecule has 1 aromatic heterocycles. The summed E-state index contributed by atoms with van der Waals surface area (Å²) >= 11 is 5.18. The van der Waals surface area contributed by atoms with Gasteiger partial charge in [0.1, 0.15) is 17.2 Å². The van der Waals surface area contributed by atoms with Gasteiger partial charge in [-0.2, -0.15) is 0 Å². The van der Waals surface area contributed by atoms with E-state index in [0.717, 1.165) is 29.1 Å². The Labute approximate surface area is 116 Å². The molecule has 3 nitrogen and oxygen atoms in total. The molecule has 0 aliphatic heterocycles. The molecule has 2 rings (SSSR count). The van der Waals surface area contributed by atoms with Crippen LogP contribution in [-0.4, -0.2) is 34.1 Å². The fourth-order valence-corrected chi connectivity index (χ4v) is 2.64. The number of anilines is 1. The maximum atomic E-state index is 4.43. The number of hydrogen-bond donors (Lipinski definition) is 0. The average molecular weight is 316 g/mol. The number of rotatable bonds is 6. The summed E-state index contributed by atoms with van der Waals surface area (Å²) in [5, 5.41) is 2.11. The summed E-state index contributed by atoms with van der Waals surface area (Å²) in [4.78, 5) is 11.1. The van der Waals surface area contributed by atoms with Crippen LogP contribution in [0.15, 0.2) is 17.4 Å². The van der Waals surface area contributed by atoms with Crippen molar-refractivity contribution < 1.29 is 0 Å². The highest BCUT2D eigenvalue weighted by molar-refractivity contribution is 9.09. The molecule has 5 heteroatoms. The van der Waals surface area contributed by atoms with Gasteiger partial charge in [0, 0.05) is 24.0 Å². The van der Waals surface area contributed by atoms with E-state index < -0.39 is 0 Å². The number of aromatic nitrogens is 2. The van der Waals surface area contributed by atoms with E-state index in [2.05, 4.69) is 43.1 Å². The molecule has 0 amide bonds. The highest BCUT2D eigenvalue weighted by Gasteiger charge is 2.25. The van der Waals surface area contributed by atoms with E-state index in [1.54, 1.807) is 18.1 Å². The summed E-state index contributed by atoms with van der Waals surface area (Å²) in [7, 11) is 0. The Bertz CT molecular complexity index is 357. The third-order valence-corrected chi connectivity index (χ3v) is 4.38. The molecule has 1 aliphatic carbocycles. The quantitative estimate of drug-likeness (QED) is 0.457. The molecule has 0 saturated heterocycles. The van der Waals surface area contributed by atoms with Crippen LogP contribution in [0.1, 0.15) is 25.7 Å². The molecule has 1 aliphatic rings. The maximum Gasteiger partial charge on any atom is 0.133 e. The van der Waals surface area contributed by atoms with E-state index in [1.807, 2.05) is 0 Å². The van der Waals surface area contributed by atoms with Crippen molar-refractivity contribution in [2.45, 2.75) is 36.8 Å². The molecule has 0 unspecified atom stereocenters. The molecule has 1 fully saturated rings. The summed E-state index contributed by atoms with van der Waals surface area (Å²) in [5.74, 6) is 1.09. The van der Waals surface area contributed by atoms with Crippen LogP contribution >= 0.6 is 27.7 Å². The zero-order chi connectivity index (χ0) is 12.1. The lowest BCUT2D eigenvalue weighted by molar-refractivity contribution is 0.384. The molecule has 0 bridgehead atoms. The molecule has 94 valence electrons. The molecule has 0 spiro atoms. The first-order chi connectivity index (χ1) is 8.35. The SMILES string of the molecule is CSc1cc(N(CCCBr)C2CCC2)ncn1. The van der Waals surface area contributed by atoms with E-state index in [-0.39, 0.29) is 0 Å². The van der Waals surface area contributed by atoms with Crippen LogP contribution in [0, 0.1) is 0 Å². The van der Waals surface area contributed by atoms with Crippen LogP contribution in [0.4, 0.5) is 5.82 Å². The molecular weight excluding hydrogens is 298 g/mol. The van der Waals surface area contributed by atoms with Gasteiger partial charge >= 0.3 is 0 Å². The van der Waals surface area contributed by atoms with Crippen molar-refractivity contribution in [1.82, 2.24) is 9.97 Å². The first-order valence-electron chi connectivity index (χ1n) is 6.04. The summed E-state index contributed by atoms with van der Waals surface area (Å²) < 4.78 is 0. The number of hydrogen-bond acceptors (Lipinski definition) is 4. The van der Waals surface area contributed by atoms with E-state index in [0.29, 0.717) is 6.04 Å². The first kappa shape index (κ1) is 13.1. The van der Waals surface area contributed by atoms with Crippen molar-refractivity contribution in [3.8, 4) is 0 Å². The first-order valence-corrected chi connectivity index (χ1v) is 8.38. The molecule has 17 heavy (non-hydrogen) atoms. The minimum Gasteiger partial charge on any atom is -0.353 e. The van der Waals surface area contributed by atoms with Crippen LogP contribution in [0.3, 0.4) is 0 Å². The molecule has 0 N–H and O–H groups in total. The van der Waals surface area contributed by atoms with Crippen molar-refractivity contribution in [3.05, 3.63) is 12.4 Å². The van der Waals surface area contributed by atoms with E-state index in [4.69, 9.17) is 0 Å². The van der Waals surface area contributed by atoms with Gasteiger partial charge in [-0.3, -0.25) is 0 Å². The zero-order valence-electron chi connectivity index (χ0n) is 10.1. The van der Waals surface area contributed by atoms with Crippen LogP contribution in [0.2, 0.25) is 0 Å². The van der Waals surface area contributed by atoms with Gasteiger partial charge in [-0.05, 0) is 31.9 Å². The Balaban J connectivity index is 2.11. The average Bonchev–Trinajstić information content (AvgIpc) is 2.32. The largest absolute Gasteiger partial charge is 0.353 e. The molecule has 1 heterocycles. The monoisotopic (exact) mass is 315 g/mol. The smallest absolute Gasteiger partial charge is 0.133 e. The molecule has 0 radical (unpaired) electrons. The summed E-state index contributed by atoms with van der Waals surface area (Å²) in [6.45, 7) is 1.08. The molecule has 1 aromatic rings. The fourth-order valence-electron chi connectivity index (χ4n) is 2.01. The standard InChI is InChI=1S/C12H18BrN3S/c1-17-12-8-11(14-9-15-12)16(7-3-6-13)10-4-2-5-10/h8-10H,2-7H2,1H3. The highest BCUT2D eigenvalue weighted by atomic mass is 79.9. The number of nitrogens with zero attached hydrogens (tertiary/aromatic N) is 3. The van der Waals surface area contributed by atoms with Crippen LogP contribution < -0.4 is 4.90 Å². The fraction of sp³-hybridized carbons (Fsp3) is 0.667. The predicted octanol–water partition coefficient (Wildman–Crippen LogP) is 3.34. The van der Waals surface area contributed by atoms with Gasteiger partial charge in [0.05, 0.1) is 0 Å². The Morgan fingerprint density at radius 1 is 1.47 bits per heavy atom. The Morgan fingerprint density at radius 3 is 2.88 bits per heavy atom. The third kappa shape index (κ3) is 3.35. The van der Waals surface area contributed by atoms with Crippen molar-refractivity contribution in [3.63, 3.8) is 0 Å². The number of alkyl halides is 1. The molecule has 0 aromatic carbocycles. The van der Waals surface area contributed by atoms with Crippen molar-refractivity contribution in [2.75, 3.05) is 23.0 Å². The van der Waals surface area contributed by atoms with Gasteiger partial charge in [0.15, 0.2) is 0 Å². The topological polar surface area (TPSA) is 29.0 Å². The second-order valence-electron chi connectivity index (χ2n) is 4.24. The summed E-state index contributed by atoms with van der Waals surface area (Å²) in [6, 6.07) is 2.80. The van der Waals surface area contributed by atoms with Crippen molar-refractivity contribution in [2.24, 2.45) is 0 Å². The lowest BCUT2D eigenvalue weighted by Gasteiger charge is -2.38. The third-order valence-electron chi connectivity index (χ3n) is 3.18. The molecule has 0 atom stereocenters. The predicted molar refractivity (Wildman–Crippen MR) is 77.2 cm³/mol. The van der Waals surface area contributed by atoms with Crippen LogP contribution in [-0.2, 0) is 0 Å². The van der Waals surface area contributed by atoms with E-state index in [9.17, 15) is 0 Å². The molecular formula is C12H18BrN3S. The van der Waals surface area contributed by atoms with Crippen molar-refractivity contribution >= 4 is 33.5 Å². The lowest BCUT2D eigenvalue weighted by Crippen LogP contribution is -2.41. The Hall–Kier alpha value is -0.290. The minimum absolute atomic E-state index is 0.693. The Kier molecular flexibility index (Phi) is 5.10. The van der Waals surface area contributed by atoms with Gasteiger partial charge in [-0.25, -0.2) is 9.97 Å². The van der Waals surface area contributed by atoms with Gasteiger partial charge < -0.3 is 4.90 Å². The summed E-state index contributed by atoms with van der Waals surface area (Å²) in [5.41, 5.74) is 0. The van der Waals surface area contributed by atoms with Crippen LogP contribution in [0.5, 0.6) is 0 Å². The second-order valence-corrected chi connectivity index (χ2v) is 5.86. The normalized spacial score (nSPS) is 15.6. The summed E-state index contributed by atoms with van der Waals surface area (Å²) in [6.07, 6.45) is 8.87. The highest BCUT2D eigenvalue weighted by Crippen LogP contribution is 2.29. The molecule has 1 saturated carbocycles.